The van der Waals surface area contributed by atoms with Gasteiger partial charge in [-0.25, -0.2) is 9.59 Å². The van der Waals surface area contributed by atoms with Crippen molar-refractivity contribution in [1.29, 1.82) is 0 Å². The molecule has 132 valence electrons. The third kappa shape index (κ3) is 4.36. The molecule has 0 unspecified atom stereocenters. The second-order valence-corrected chi connectivity index (χ2v) is 5.78. The van der Waals surface area contributed by atoms with Crippen LogP contribution in [0.15, 0.2) is 66.9 Å². The molecular weight excluding hydrogens is 332 g/mol. The quantitative estimate of drug-likeness (QED) is 0.713. The van der Waals surface area contributed by atoms with E-state index in [4.69, 9.17) is 4.74 Å². The summed E-state index contributed by atoms with van der Waals surface area (Å²) in [5.41, 5.74) is 1.43. The highest BCUT2D eigenvalue weighted by atomic mass is 16.5. The molecule has 1 heterocycles. The molecule has 0 spiro atoms. The van der Waals surface area contributed by atoms with Crippen molar-refractivity contribution in [3.05, 3.63) is 78.1 Å². The molecule has 2 N–H and O–H groups in total. The lowest BCUT2D eigenvalue weighted by atomic mass is 10.0. The largest absolute Gasteiger partial charge is 0.480 e. The lowest BCUT2D eigenvalue weighted by Gasteiger charge is -2.15. The van der Waals surface area contributed by atoms with Crippen LogP contribution in [0, 0.1) is 0 Å². The molecule has 6 nitrogen and oxygen atoms in total. The number of nitrogens with zero attached hydrogens (tertiary/aromatic N) is 1. The first-order valence-electron chi connectivity index (χ1n) is 8.16. The molecule has 26 heavy (non-hydrogen) atoms. The fourth-order valence-corrected chi connectivity index (χ4v) is 2.65. The monoisotopic (exact) mass is 350 g/mol. The van der Waals surface area contributed by atoms with Crippen LogP contribution in [-0.4, -0.2) is 28.2 Å². The molecule has 0 aliphatic heterocycles. The van der Waals surface area contributed by atoms with Crippen molar-refractivity contribution in [3.8, 4) is 0 Å². The van der Waals surface area contributed by atoms with Gasteiger partial charge in [-0.05, 0) is 17.0 Å². The highest BCUT2D eigenvalue weighted by Gasteiger charge is 2.22. The third-order valence-corrected chi connectivity index (χ3v) is 3.96. The number of carbonyl (C=O) groups is 2. The van der Waals surface area contributed by atoms with E-state index in [-0.39, 0.29) is 13.0 Å². The Hall–Kier alpha value is -3.41. The lowest BCUT2D eigenvalue weighted by Crippen LogP contribution is -2.42. The predicted octanol–water partition coefficient (Wildman–Crippen LogP) is 3.16. The van der Waals surface area contributed by atoms with Gasteiger partial charge in [0.1, 0.15) is 12.6 Å². The van der Waals surface area contributed by atoms with Crippen LogP contribution in [0.3, 0.4) is 0 Å². The standard InChI is InChI=1S/C20H18N2O4/c23-19(24)18(22-20(25)26-13-14-6-2-1-3-7-14)12-17-16-9-5-4-8-15(16)10-11-21-17/h1-11,18H,12-13H2,(H,22,25)(H,23,24)/t18-/m0/s1. The first-order chi connectivity index (χ1) is 12.6. The van der Waals surface area contributed by atoms with Crippen molar-refractivity contribution in [2.75, 3.05) is 0 Å². The second-order valence-electron chi connectivity index (χ2n) is 5.78. The normalized spacial score (nSPS) is 11.7. The number of hydrogen-bond donors (Lipinski definition) is 2. The summed E-state index contributed by atoms with van der Waals surface area (Å²) in [6, 6.07) is 17.5. The summed E-state index contributed by atoms with van der Waals surface area (Å²) in [4.78, 5) is 27.8. The van der Waals surface area contributed by atoms with E-state index in [1.165, 1.54) is 0 Å². The number of aliphatic carboxylic acids is 1. The zero-order valence-corrected chi connectivity index (χ0v) is 14.0. The van der Waals surface area contributed by atoms with Crippen LogP contribution < -0.4 is 5.32 Å². The fourth-order valence-electron chi connectivity index (χ4n) is 2.65. The van der Waals surface area contributed by atoms with E-state index < -0.39 is 18.1 Å². The van der Waals surface area contributed by atoms with Crippen LogP contribution >= 0.6 is 0 Å². The van der Waals surface area contributed by atoms with Crippen molar-refractivity contribution >= 4 is 22.8 Å². The molecule has 6 heteroatoms. The van der Waals surface area contributed by atoms with Crippen LogP contribution in [0.2, 0.25) is 0 Å². The topological polar surface area (TPSA) is 88.5 Å². The van der Waals surface area contributed by atoms with Gasteiger partial charge in [-0.1, -0.05) is 54.6 Å². The zero-order valence-electron chi connectivity index (χ0n) is 14.0. The van der Waals surface area contributed by atoms with Crippen LogP contribution in [0.1, 0.15) is 11.3 Å². The molecule has 0 radical (unpaired) electrons. The maximum Gasteiger partial charge on any atom is 0.408 e. The summed E-state index contributed by atoms with van der Waals surface area (Å²) >= 11 is 0. The minimum Gasteiger partial charge on any atom is -0.480 e. The van der Waals surface area contributed by atoms with Crippen LogP contribution in [0.25, 0.3) is 10.8 Å². The van der Waals surface area contributed by atoms with Crippen LogP contribution in [0.5, 0.6) is 0 Å². The summed E-state index contributed by atoms with van der Waals surface area (Å²) in [5, 5.41) is 13.7. The smallest absolute Gasteiger partial charge is 0.408 e. The second kappa shape index (κ2) is 8.11. The van der Waals surface area contributed by atoms with Crippen molar-refractivity contribution in [3.63, 3.8) is 0 Å². The number of hydrogen-bond acceptors (Lipinski definition) is 4. The average Bonchev–Trinajstić information content (AvgIpc) is 2.67. The summed E-state index contributed by atoms with van der Waals surface area (Å²) in [6.07, 6.45) is 0.919. The number of fused-ring (bicyclic) bond motifs is 1. The number of nitrogens with one attached hydrogen (secondary N) is 1. The van der Waals surface area contributed by atoms with Crippen molar-refractivity contribution < 1.29 is 19.4 Å². The van der Waals surface area contributed by atoms with E-state index >= 15 is 0 Å². The number of alkyl carbamates (subject to hydrolysis) is 1. The molecule has 1 aromatic heterocycles. The number of ether oxygens (including phenoxy) is 1. The van der Waals surface area contributed by atoms with Crippen LogP contribution in [-0.2, 0) is 22.6 Å². The third-order valence-electron chi connectivity index (χ3n) is 3.96. The van der Waals surface area contributed by atoms with Crippen molar-refractivity contribution in [2.45, 2.75) is 19.1 Å². The Morgan fingerprint density at radius 1 is 1.04 bits per heavy atom. The number of carboxylic acids is 1. The molecular formula is C20H18N2O4. The lowest BCUT2D eigenvalue weighted by molar-refractivity contribution is -0.139. The van der Waals surface area contributed by atoms with E-state index in [2.05, 4.69) is 10.3 Å². The number of benzene rings is 2. The Kier molecular flexibility index (Phi) is 5.43. The number of pyridine rings is 1. The number of aromatic nitrogens is 1. The molecule has 3 aromatic rings. The van der Waals surface area contributed by atoms with Gasteiger partial charge in [0.25, 0.3) is 0 Å². The van der Waals surface area contributed by atoms with Crippen molar-refractivity contribution in [1.82, 2.24) is 10.3 Å². The van der Waals surface area contributed by atoms with E-state index in [1.807, 2.05) is 60.7 Å². The van der Waals surface area contributed by atoms with Gasteiger partial charge < -0.3 is 15.2 Å². The van der Waals surface area contributed by atoms with Gasteiger partial charge in [0.15, 0.2) is 0 Å². The molecule has 1 amide bonds. The summed E-state index contributed by atoms with van der Waals surface area (Å²) in [7, 11) is 0. The molecule has 0 saturated heterocycles. The van der Waals surface area contributed by atoms with Gasteiger partial charge in [-0.2, -0.15) is 0 Å². The SMILES string of the molecule is O=C(N[C@@H](Cc1nccc2ccccc12)C(=O)O)OCc1ccccc1. The Morgan fingerprint density at radius 3 is 2.54 bits per heavy atom. The Bertz CT molecular complexity index is 907. The Labute approximate surface area is 150 Å². The summed E-state index contributed by atoms with van der Waals surface area (Å²) < 4.78 is 5.10. The van der Waals surface area contributed by atoms with E-state index in [9.17, 15) is 14.7 Å². The first-order valence-corrected chi connectivity index (χ1v) is 8.16. The minimum absolute atomic E-state index is 0.0666. The van der Waals surface area contributed by atoms with Gasteiger partial charge in [-0.3, -0.25) is 4.98 Å². The van der Waals surface area contributed by atoms with Crippen molar-refractivity contribution in [2.24, 2.45) is 0 Å². The molecule has 1 atom stereocenters. The summed E-state index contributed by atoms with van der Waals surface area (Å²) in [5.74, 6) is -1.14. The average molecular weight is 350 g/mol. The highest BCUT2D eigenvalue weighted by Crippen LogP contribution is 2.17. The maximum atomic E-state index is 12.0. The fraction of sp³-hybridized carbons (Fsp3) is 0.150. The number of carboxylic acid groups (broad SMARTS) is 1. The van der Waals surface area contributed by atoms with E-state index in [1.54, 1.807) is 6.20 Å². The highest BCUT2D eigenvalue weighted by molar-refractivity contribution is 5.86. The first kappa shape index (κ1) is 17.4. The Morgan fingerprint density at radius 2 is 1.77 bits per heavy atom. The predicted molar refractivity (Wildman–Crippen MR) is 96.6 cm³/mol. The molecule has 2 aromatic carbocycles. The van der Waals surface area contributed by atoms with Gasteiger partial charge in [0, 0.05) is 18.0 Å². The van der Waals surface area contributed by atoms with Gasteiger partial charge in [0.05, 0.1) is 5.69 Å². The van der Waals surface area contributed by atoms with E-state index in [0.717, 1.165) is 16.3 Å². The number of rotatable bonds is 6. The zero-order chi connectivity index (χ0) is 18.4. The minimum atomic E-state index is -1.14. The maximum absolute atomic E-state index is 12.0. The van der Waals surface area contributed by atoms with E-state index in [0.29, 0.717) is 5.69 Å². The molecule has 3 rings (SSSR count). The Balaban J connectivity index is 1.67. The molecule has 0 saturated carbocycles. The van der Waals surface area contributed by atoms with Gasteiger partial charge in [-0.15, -0.1) is 0 Å². The summed E-state index contributed by atoms with van der Waals surface area (Å²) in [6.45, 7) is 0.0749. The molecule has 0 bridgehead atoms. The van der Waals surface area contributed by atoms with Gasteiger partial charge >= 0.3 is 12.1 Å². The number of amides is 1. The van der Waals surface area contributed by atoms with Crippen LogP contribution in [0.4, 0.5) is 4.79 Å². The molecule has 0 aliphatic rings. The molecule has 0 aliphatic carbocycles. The van der Waals surface area contributed by atoms with Gasteiger partial charge in [0.2, 0.25) is 0 Å². The molecule has 0 fully saturated rings. The number of carbonyl (C=O) groups excluding carboxylic acids is 1.